The summed E-state index contributed by atoms with van der Waals surface area (Å²) in [5.41, 5.74) is 1.23. The minimum atomic E-state index is -0.426. The molecule has 1 heterocycles. The highest BCUT2D eigenvalue weighted by Crippen LogP contribution is 2.17. The molecule has 1 aromatic carbocycles. The van der Waals surface area contributed by atoms with E-state index < -0.39 is 11.6 Å². The Morgan fingerprint density at radius 2 is 1.92 bits per heavy atom. The molecule has 0 N–H and O–H groups in total. The van der Waals surface area contributed by atoms with Crippen LogP contribution in [0.2, 0.25) is 0 Å². The van der Waals surface area contributed by atoms with Gasteiger partial charge in [-0.05, 0) is 36.8 Å². The van der Waals surface area contributed by atoms with E-state index in [0.29, 0.717) is 5.56 Å². The van der Waals surface area contributed by atoms with Crippen LogP contribution in [0.5, 0.6) is 5.88 Å². The summed E-state index contributed by atoms with van der Waals surface area (Å²) in [6.45, 7) is 1.76. The number of benzene rings is 1. The zero-order valence-corrected chi connectivity index (χ0v) is 13.6. The van der Waals surface area contributed by atoms with Gasteiger partial charge in [0, 0.05) is 31.9 Å². The summed E-state index contributed by atoms with van der Waals surface area (Å²) in [7, 11) is 3.48. The molecule has 0 atom stereocenters. The molecular formula is C18H16FN3O2. The number of hydrogen-bond acceptors (Lipinski definition) is 5. The Morgan fingerprint density at radius 1 is 1.25 bits per heavy atom. The standard InChI is InChI=1S/C18H16FN3O2/c1-12-4-9-17(21-15(12)10-20)24-16(11-22(2)3)18(23)13-5-7-14(19)8-6-13/h4-9,11H,1-3H3/b16-11+. The van der Waals surface area contributed by atoms with Crippen LogP contribution in [0.15, 0.2) is 48.4 Å². The predicted molar refractivity (Wildman–Crippen MR) is 86.8 cm³/mol. The van der Waals surface area contributed by atoms with Crippen LogP contribution >= 0.6 is 0 Å². The number of carbonyl (C=O) groups is 1. The molecule has 24 heavy (non-hydrogen) atoms. The highest BCUT2D eigenvalue weighted by Gasteiger charge is 2.17. The van der Waals surface area contributed by atoms with Crippen LogP contribution in [-0.2, 0) is 0 Å². The average Bonchev–Trinajstić information content (AvgIpc) is 2.55. The number of ether oxygens (including phenoxy) is 1. The normalized spacial score (nSPS) is 10.9. The SMILES string of the molecule is Cc1ccc(O/C(=C/N(C)C)C(=O)c2ccc(F)cc2)nc1C#N. The van der Waals surface area contributed by atoms with Crippen molar-refractivity contribution in [2.75, 3.05) is 14.1 Å². The summed E-state index contributed by atoms with van der Waals surface area (Å²) in [6.07, 6.45) is 1.50. The maximum atomic E-state index is 13.0. The van der Waals surface area contributed by atoms with Crippen LogP contribution < -0.4 is 4.74 Å². The van der Waals surface area contributed by atoms with Crippen LogP contribution in [0.1, 0.15) is 21.6 Å². The number of pyridine rings is 1. The molecule has 122 valence electrons. The van der Waals surface area contributed by atoms with Crippen molar-refractivity contribution in [3.05, 3.63) is 71.0 Å². The zero-order valence-electron chi connectivity index (χ0n) is 13.6. The molecule has 2 rings (SSSR count). The van der Waals surface area contributed by atoms with Crippen molar-refractivity contribution >= 4 is 5.78 Å². The molecule has 0 bridgehead atoms. The molecule has 0 aliphatic rings. The lowest BCUT2D eigenvalue weighted by Crippen LogP contribution is -2.15. The highest BCUT2D eigenvalue weighted by atomic mass is 19.1. The first kappa shape index (κ1) is 17.2. The Hall–Kier alpha value is -3.20. The number of Topliss-reactive ketones (excluding diaryl/α,β-unsaturated/α-hetero) is 1. The molecule has 0 amide bonds. The number of allylic oxidation sites excluding steroid dienone is 1. The number of ketones is 1. The first-order valence-corrected chi connectivity index (χ1v) is 7.15. The molecule has 0 aliphatic carbocycles. The Balaban J connectivity index is 2.34. The number of halogens is 1. The van der Waals surface area contributed by atoms with Gasteiger partial charge < -0.3 is 9.64 Å². The van der Waals surface area contributed by atoms with Gasteiger partial charge in [0.15, 0.2) is 5.76 Å². The molecule has 6 heteroatoms. The first-order valence-electron chi connectivity index (χ1n) is 7.15. The number of hydrogen-bond donors (Lipinski definition) is 0. The minimum Gasteiger partial charge on any atom is -0.433 e. The fourth-order valence-electron chi connectivity index (χ4n) is 1.90. The lowest BCUT2D eigenvalue weighted by atomic mass is 10.1. The van der Waals surface area contributed by atoms with E-state index in [1.165, 1.54) is 30.5 Å². The van der Waals surface area contributed by atoms with Gasteiger partial charge in [0.1, 0.15) is 17.6 Å². The first-order chi connectivity index (χ1) is 11.4. The van der Waals surface area contributed by atoms with Gasteiger partial charge in [-0.25, -0.2) is 9.37 Å². The van der Waals surface area contributed by atoms with Crippen LogP contribution in [0.4, 0.5) is 4.39 Å². The zero-order chi connectivity index (χ0) is 17.7. The molecule has 0 unspecified atom stereocenters. The fraction of sp³-hybridized carbons (Fsp3) is 0.167. The van der Waals surface area contributed by atoms with Crippen LogP contribution in [0.25, 0.3) is 0 Å². The molecule has 5 nitrogen and oxygen atoms in total. The lowest BCUT2D eigenvalue weighted by molar-refractivity contribution is 0.0980. The predicted octanol–water partition coefficient (Wildman–Crippen LogP) is 3.07. The number of nitriles is 1. The molecule has 0 radical (unpaired) electrons. The van der Waals surface area contributed by atoms with E-state index in [2.05, 4.69) is 4.98 Å². The second-order valence-electron chi connectivity index (χ2n) is 5.32. The summed E-state index contributed by atoms with van der Waals surface area (Å²) in [5.74, 6) is -0.679. The van der Waals surface area contributed by atoms with Crippen molar-refractivity contribution in [2.45, 2.75) is 6.92 Å². The summed E-state index contributed by atoms with van der Waals surface area (Å²) in [5, 5.41) is 9.04. The van der Waals surface area contributed by atoms with Gasteiger partial charge >= 0.3 is 0 Å². The lowest BCUT2D eigenvalue weighted by Gasteiger charge is -2.12. The number of aryl methyl sites for hydroxylation is 1. The average molecular weight is 325 g/mol. The van der Waals surface area contributed by atoms with Gasteiger partial charge in [0.25, 0.3) is 0 Å². The Bertz CT molecular complexity index is 821. The van der Waals surface area contributed by atoms with E-state index in [-0.39, 0.29) is 22.9 Å². The molecule has 1 aromatic heterocycles. The Morgan fingerprint density at radius 3 is 2.50 bits per heavy atom. The van der Waals surface area contributed by atoms with Crippen molar-refractivity contribution in [1.29, 1.82) is 5.26 Å². The molecule has 0 spiro atoms. The Labute approximate surface area is 139 Å². The summed E-state index contributed by atoms with van der Waals surface area (Å²) in [4.78, 5) is 18.3. The topological polar surface area (TPSA) is 66.2 Å². The van der Waals surface area contributed by atoms with Crippen LogP contribution in [0, 0.1) is 24.1 Å². The van der Waals surface area contributed by atoms with E-state index in [9.17, 15) is 9.18 Å². The van der Waals surface area contributed by atoms with Gasteiger partial charge in [0.2, 0.25) is 11.7 Å². The summed E-state index contributed by atoms with van der Waals surface area (Å²) in [6, 6.07) is 10.4. The van der Waals surface area contributed by atoms with Crippen LogP contribution in [-0.4, -0.2) is 29.8 Å². The van der Waals surface area contributed by atoms with Crippen molar-refractivity contribution < 1.29 is 13.9 Å². The van der Waals surface area contributed by atoms with E-state index in [1.54, 1.807) is 38.1 Å². The third kappa shape index (κ3) is 4.17. The second kappa shape index (κ2) is 7.38. The maximum Gasteiger partial charge on any atom is 0.229 e. The van der Waals surface area contributed by atoms with E-state index in [4.69, 9.17) is 10.00 Å². The Kier molecular flexibility index (Phi) is 5.27. The third-order valence-electron chi connectivity index (χ3n) is 3.10. The summed E-state index contributed by atoms with van der Waals surface area (Å²) >= 11 is 0. The van der Waals surface area contributed by atoms with Gasteiger partial charge in [-0.15, -0.1) is 0 Å². The van der Waals surface area contributed by atoms with Gasteiger partial charge in [-0.1, -0.05) is 6.07 Å². The van der Waals surface area contributed by atoms with E-state index >= 15 is 0 Å². The molecule has 0 saturated heterocycles. The number of nitrogens with zero attached hydrogens (tertiary/aromatic N) is 3. The van der Waals surface area contributed by atoms with Crippen LogP contribution in [0.3, 0.4) is 0 Å². The molecule has 2 aromatic rings. The molecular weight excluding hydrogens is 309 g/mol. The van der Waals surface area contributed by atoms with E-state index in [0.717, 1.165) is 0 Å². The highest BCUT2D eigenvalue weighted by molar-refractivity contribution is 6.07. The van der Waals surface area contributed by atoms with Crippen molar-refractivity contribution in [3.63, 3.8) is 0 Å². The quantitative estimate of drug-likeness (QED) is 0.480. The number of rotatable bonds is 5. The van der Waals surface area contributed by atoms with Gasteiger partial charge in [0.05, 0.1) is 0 Å². The van der Waals surface area contributed by atoms with Crippen molar-refractivity contribution in [3.8, 4) is 11.9 Å². The minimum absolute atomic E-state index is 0.0202. The molecule has 0 fully saturated rings. The molecule has 0 saturated carbocycles. The monoisotopic (exact) mass is 325 g/mol. The smallest absolute Gasteiger partial charge is 0.229 e. The van der Waals surface area contributed by atoms with Crippen molar-refractivity contribution in [1.82, 2.24) is 9.88 Å². The van der Waals surface area contributed by atoms with Gasteiger partial charge in [-0.3, -0.25) is 4.79 Å². The molecule has 0 aliphatic heterocycles. The summed E-state index contributed by atoms with van der Waals surface area (Å²) < 4.78 is 18.6. The van der Waals surface area contributed by atoms with E-state index in [1.807, 2.05) is 6.07 Å². The maximum absolute atomic E-state index is 13.0. The van der Waals surface area contributed by atoms with Crippen molar-refractivity contribution in [2.24, 2.45) is 0 Å². The largest absolute Gasteiger partial charge is 0.433 e. The third-order valence-corrected chi connectivity index (χ3v) is 3.10. The second-order valence-corrected chi connectivity index (χ2v) is 5.32. The fourth-order valence-corrected chi connectivity index (χ4v) is 1.90. The number of carbonyl (C=O) groups excluding carboxylic acids is 1. The van der Waals surface area contributed by atoms with Gasteiger partial charge in [-0.2, -0.15) is 5.26 Å². The number of aromatic nitrogens is 1.